The fourth-order valence-electron chi connectivity index (χ4n) is 2.11. The molecule has 0 aliphatic rings. The third kappa shape index (κ3) is 2.16. The van der Waals surface area contributed by atoms with Crippen LogP contribution in [0.2, 0.25) is 0 Å². The van der Waals surface area contributed by atoms with Gasteiger partial charge in [0.25, 0.3) is 0 Å². The zero-order valence-corrected chi connectivity index (χ0v) is 10.7. The second-order valence-corrected chi connectivity index (χ2v) is 4.47. The van der Waals surface area contributed by atoms with Gasteiger partial charge < -0.3 is 0 Å². The number of hydrogen-bond donors (Lipinski definition) is 0. The molecular weight excluding hydrogens is 204 g/mol. The van der Waals surface area contributed by atoms with Crippen molar-refractivity contribution in [3.05, 3.63) is 59.2 Å². The van der Waals surface area contributed by atoms with Gasteiger partial charge in [-0.2, -0.15) is 0 Å². The first-order valence-corrected chi connectivity index (χ1v) is 5.96. The van der Waals surface area contributed by atoms with Crippen molar-refractivity contribution in [3.8, 4) is 0 Å². The van der Waals surface area contributed by atoms with E-state index in [0.717, 1.165) is 0 Å². The lowest BCUT2D eigenvalue weighted by Gasteiger charge is -2.08. The van der Waals surface area contributed by atoms with Gasteiger partial charge in [0.15, 0.2) is 0 Å². The SMILES string of the molecule is C=Cc1cc2cc(C)c(C)cc2cc1/C=C\C. The summed E-state index contributed by atoms with van der Waals surface area (Å²) in [7, 11) is 0. The third-order valence-corrected chi connectivity index (χ3v) is 3.22. The number of aryl methyl sites for hydroxylation is 2. The Hall–Kier alpha value is -1.82. The van der Waals surface area contributed by atoms with Crippen molar-refractivity contribution >= 4 is 22.9 Å². The Kier molecular flexibility index (Phi) is 3.14. The molecule has 0 aliphatic carbocycles. The largest absolute Gasteiger partial charge is 0.0984 e. The van der Waals surface area contributed by atoms with Crippen LogP contribution in [0, 0.1) is 13.8 Å². The summed E-state index contributed by atoms with van der Waals surface area (Å²) in [6.07, 6.45) is 6.12. The summed E-state index contributed by atoms with van der Waals surface area (Å²) in [6, 6.07) is 8.95. The predicted octanol–water partition coefficient (Wildman–Crippen LogP) is 5.13. The minimum absolute atomic E-state index is 1.19. The molecule has 17 heavy (non-hydrogen) atoms. The van der Waals surface area contributed by atoms with Crippen LogP contribution < -0.4 is 0 Å². The Morgan fingerprint density at radius 3 is 1.88 bits per heavy atom. The smallest absolute Gasteiger partial charge is 0.0175 e. The molecule has 0 heteroatoms. The van der Waals surface area contributed by atoms with Crippen LogP contribution in [-0.2, 0) is 0 Å². The average molecular weight is 222 g/mol. The molecule has 2 aromatic carbocycles. The van der Waals surface area contributed by atoms with Crippen molar-refractivity contribution in [1.82, 2.24) is 0 Å². The van der Waals surface area contributed by atoms with E-state index < -0.39 is 0 Å². The van der Waals surface area contributed by atoms with E-state index in [2.05, 4.69) is 56.8 Å². The van der Waals surface area contributed by atoms with Gasteiger partial charge >= 0.3 is 0 Å². The van der Waals surface area contributed by atoms with Gasteiger partial charge in [0.1, 0.15) is 0 Å². The normalized spacial score (nSPS) is 11.2. The Balaban J connectivity index is 2.78. The van der Waals surface area contributed by atoms with Crippen molar-refractivity contribution in [1.29, 1.82) is 0 Å². The molecule has 2 rings (SSSR count). The molecule has 0 N–H and O–H groups in total. The van der Waals surface area contributed by atoms with Crippen LogP contribution in [0.4, 0.5) is 0 Å². The molecule has 0 saturated carbocycles. The molecule has 0 amide bonds. The Morgan fingerprint density at radius 1 is 0.882 bits per heavy atom. The van der Waals surface area contributed by atoms with Gasteiger partial charge in [0, 0.05) is 0 Å². The molecule has 0 bridgehead atoms. The lowest BCUT2D eigenvalue weighted by molar-refractivity contribution is 1.36. The molecule has 0 unspecified atom stereocenters. The number of fused-ring (bicyclic) bond motifs is 1. The standard InChI is InChI=1S/C17H18/c1-5-7-15-11-17-9-13(4)12(3)8-16(17)10-14(15)6-2/h5-11H,2H2,1,3-4H3/b7-5-. The fraction of sp³-hybridized carbons (Fsp3) is 0.176. The van der Waals surface area contributed by atoms with Crippen LogP contribution >= 0.6 is 0 Å². The number of benzene rings is 2. The second-order valence-electron chi connectivity index (χ2n) is 4.47. The third-order valence-electron chi connectivity index (χ3n) is 3.22. The number of hydrogen-bond acceptors (Lipinski definition) is 0. The van der Waals surface area contributed by atoms with Gasteiger partial charge in [0.2, 0.25) is 0 Å². The fourth-order valence-corrected chi connectivity index (χ4v) is 2.11. The molecule has 0 fully saturated rings. The molecule has 0 saturated heterocycles. The van der Waals surface area contributed by atoms with Crippen molar-refractivity contribution < 1.29 is 0 Å². The number of rotatable bonds is 2. The van der Waals surface area contributed by atoms with E-state index in [1.807, 2.05) is 13.0 Å². The highest BCUT2D eigenvalue weighted by Gasteiger charge is 2.02. The molecule has 86 valence electrons. The highest BCUT2D eigenvalue weighted by atomic mass is 14.1. The lowest BCUT2D eigenvalue weighted by Crippen LogP contribution is -1.86. The summed E-state index contributed by atoms with van der Waals surface area (Å²) in [4.78, 5) is 0. The molecule has 0 atom stereocenters. The monoisotopic (exact) mass is 222 g/mol. The Morgan fingerprint density at radius 2 is 1.41 bits per heavy atom. The van der Waals surface area contributed by atoms with Crippen LogP contribution in [-0.4, -0.2) is 0 Å². The quantitative estimate of drug-likeness (QED) is 0.660. The van der Waals surface area contributed by atoms with Gasteiger partial charge in [-0.15, -0.1) is 0 Å². The van der Waals surface area contributed by atoms with Gasteiger partial charge in [-0.25, -0.2) is 0 Å². The van der Waals surface area contributed by atoms with E-state index in [1.165, 1.54) is 33.0 Å². The van der Waals surface area contributed by atoms with Crippen LogP contribution in [0.1, 0.15) is 29.2 Å². The van der Waals surface area contributed by atoms with Gasteiger partial charge in [-0.1, -0.05) is 36.9 Å². The molecule has 0 radical (unpaired) electrons. The first-order chi connectivity index (χ1) is 8.15. The van der Waals surface area contributed by atoms with Crippen molar-refractivity contribution in [2.24, 2.45) is 0 Å². The molecule has 0 aromatic heterocycles. The molecule has 0 nitrogen and oxygen atoms in total. The molecular formula is C17H18. The Bertz CT molecular complexity index is 601. The topological polar surface area (TPSA) is 0 Å². The van der Waals surface area contributed by atoms with E-state index >= 15 is 0 Å². The highest BCUT2D eigenvalue weighted by Crippen LogP contribution is 2.25. The maximum Gasteiger partial charge on any atom is -0.0175 e. The van der Waals surface area contributed by atoms with Crippen LogP contribution in [0.15, 0.2) is 36.9 Å². The van der Waals surface area contributed by atoms with E-state index in [4.69, 9.17) is 0 Å². The highest BCUT2D eigenvalue weighted by molar-refractivity contribution is 5.89. The maximum absolute atomic E-state index is 3.89. The summed E-state index contributed by atoms with van der Waals surface area (Å²) >= 11 is 0. The van der Waals surface area contributed by atoms with Gasteiger partial charge in [0.05, 0.1) is 0 Å². The van der Waals surface area contributed by atoms with Crippen molar-refractivity contribution in [2.45, 2.75) is 20.8 Å². The van der Waals surface area contributed by atoms with Gasteiger partial charge in [-0.05, 0) is 65.9 Å². The van der Waals surface area contributed by atoms with Crippen LogP contribution in [0.5, 0.6) is 0 Å². The Labute approximate surface area is 103 Å². The zero-order valence-electron chi connectivity index (χ0n) is 10.7. The van der Waals surface area contributed by atoms with E-state index in [9.17, 15) is 0 Å². The van der Waals surface area contributed by atoms with E-state index in [-0.39, 0.29) is 0 Å². The maximum atomic E-state index is 3.89. The molecule has 2 aromatic rings. The lowest BCUT2D eigenvalue weighted by atomic mass is 9.97. The van der Waals surface area contributed by atoms with Crippen molar-refractivity contribution in [2.75, 3.05) is 0 Å². The summed E-state index contributed by atoms with van der Waals surface area (Å²) in [5.41, 5.74) is 5.11. The van der Waals surface area contributed by atoms with E-state index in [0.29, 0.717) is 0 Å². The van der Waals surface area contributed by atoms with Gasteiger partial charge in [-0.3, -0.25) is 0 Å². The first kappa shape index (κ1) is 11.7. The second kappa shape index (κ2) is 4.58. The minimum atomic E-state index is 1.19. The minimum Gasteiger partial charge on any atom is -0.0984 e. The van der Waals surface area contributed by atoms with Crippen LogP contribution in [0.25, 0.3) is 22.9 Å². The van der Waals surface area contributed by atoms with E-state index in [1.54, 1.807) is 0 Å². The average Bonchev–Trinajstić information content (AvgIpc) is 2.31. The summed E-state index contributed by atoms with van der Waals surface area (Å²) < 4.78 is 0. The molecule has 0 heterocycles. The summed E-state index contributed by atoms with van der Waals surface area (Å²) in [5.74, 6) is 0. The summed E-state index contributed by atoms with van der Waals surface area (Å²) in [6.45, 7) is 10.2. The summed E-state index contributed by atoms with van der Waals surface area (Å²) in [5, 5.41) is 2.59. The molecule has 0 aliphatic heterocycles. The first-order valence-electron chi connectivity index (χ1n) is 5.96. The predicted molar refractivity (Wildman–Crippen MR) is 78.2 cm³/mol. The number of allylic oxidation sites excluding steroid dienone is 1. The molecule has 0 spiro atoms. The van der Waals surface area contributed by atoms with Crippen molar-refractivity contribution in [3.63, 3.8) is 0 Å². The van der Waals surface area contributed by atoms with Crippen LogP contribution in [0.3, 0.4) is 0 Å². The zero-order chi connectivity index (χ0) is 12.4.